The normalized spacial score (nSPS) is 11.9. The van der Waals surface area contributed by atoms with Gasteiger partial charge in [-0.25, -0.2) is 4.79 Å². The lowest BCUT2D eigenvalue weighted by Gasteiger charge is -2.36. The van der Waals surface area contributed by atoms with Gasteiger partial charge in [-0.15, -0.1) is 0 Å². The topological polar surface area (TPSA) is 52.6 Å². The highest BCUT2D eigenvalue weighted by molar-refractivity contribution is 5.75. The number of hydrogen-bond donors (Lipinski definition) is 2. The van der Waals surface area contributed by atoms with Crippen molar-refractivity contribution in [1.29, 1.82) is 0 Å². The summed E-state index contributed by atoms with van der Waals surface area (Å²) < 4.78 is 0. The fourth-order valence-corrected chi connectivity index (χ4v) is 2.47. The maximum atomic E-state index is 12.5. The number of nitrogens with one attached hydrogen (secondary N) is 1. The number of amides is 2. The van der Waals surface area contributed by atoms with E-state index in [-0.39, 0.29) is 0 Å². The van der Waals surface area contributed by atoms with Crippen LogP contribution in [0.1, 0.15) is 38.8 Å². The Morgan fingerprint density at radius 3 is 1.78 bits per heavy atom. The Kier molecular flexibility index (Phi) is 4.76. The number of carbonyl (C=O) groups is 1. The van der Waals surface area contributed by atoms with Crippen LogP contribution in [0.4, 0.5) is 4.79 Å². The summed E-state index contributed by atoms with van der Waals surface area (Å²) >= 11 is 0. The van der Waals surface area contributed by atoms with Crippen molar-refractivity contribution < 1.29 is 10.0 Å². The molecule has 0 saturated heterocycles. The Balaban J connectivity index is 2.17. The van der Waals surface area contributed by atoms with Crippen LogP contribution in [0.15, 0.2) is 60.7 Å². The molecule has 2 N–H and O–H groups in total. The minimum atomic E-state index is -0.835. The van der Waals surface area contributed by atoms with Crippen molar-refractivity contribution in [3.63, 3.8) is 0 Å². The molecule has 2 aromatic rings. The van der Waals surface area contributed by atoms with Gasteiger partial charge < -0.3 is 5.32 Å². The summed E-state index contributed by atoms with van der Waals surface area (Å²) in [5.41, 5.74) is 0.402. The van der Waals surface area contributed by atoms with E-state index in [0.717, 1.165) is 16.2 Å². The summed E-state index contributed by atoms with van der Waals surface area (Å²) in [5.74, 6) is 0. The second-order valence-electron chi connectivity index (χ2n) is 6.66. The molecule has 2 rings (SSSR count). The van der Waals surface area contributed by atoms with Gasteiger partial charge in [-0.1, -0.05) is 60.7 Å². The van der Waals surface area contributed by atoms with Crippen LogP contribution in [0.25, 0.3) is 0 Å². The maximum Gasteiger partial charge on any atom is 0.342 e. The zero-order valence-electron chi connectivity index (χ0n) is 14.1. The van der Waals surface area contributed by atoms with Gasteiger partial charge in [0.05, 0.1) is 11.1 Å². The Hall–Kier alpha value is -2.33. The molecule has 4 heteroatoms. The fraction of sp³-hybridized carbons (Fsp3) is 0.316. The van der Waals surface area contributed by atoms with Gasteiger partial charge in [0, 0.05) is 0 Å². The van der Waals surface area contributed by atoms with Crippen LogP contribution in [-0.4, -0.2) is 16.3 Å². The molecule has 0 atom stereocenters. The number of hydrogen-bond acceptors (Lipinski definition) is 2. The average molecular weight is 312 g/mol. The minimum absolute atomic E-state index is 0.535. The number of benzene rings is 2. The standard InChI is InChI=1S/C19H24N2O2/c1-18(2,15-11-7-5-8-12-15)20-17(22)21(23)19(3,4)16-13-9-6-10-14-16/h5-14,23H,1-4H3,(H,20,22). The smallest absolute Gasteiger partial charge is 0.327 e. The summed E-state index contributed by atoms with van der Waals surface area (Å²) in [5, 5.41) is 14.1. The molecule has 0 fully saturated rings. The second-order valence-corrected chi connectivity index (χ2v) is 6.66. The molecular formula is C19H24N2O2. The van der Waals surface area contributed by atoms with Gasteiger partial charge in [0.15, 0.2) is 0 Å². The van der Waals surface area contributed by atoms with E-state index < -0.39 is 17.1 Å². The largest absolute Gasteiger partial charge is 0.342 e. The molecule has 0 spiro atoms. The van der Waals surface area contributed by atoms with Gasteiger partial charge >= 0.3 is 6.03 Å². The molecule has 23 heavy (non-hydrogen) atoms. The quantitative estimate of drug-likeness (QED) is 0.655. The zero-order chi connectivity index (χ0) is 17.1. The third kappa shape index (κ3) is 3.71. The van der Waals surface area contributed by atoms with Crippen molar-refractivity contribution in [1.82, 2.24) is 10.4 Å². The summed E-state index contributed by atoms with van der Waals surface area (Å²) in [4.78, 5) is 12.5. The molecule has 122 valence electrons. The molecule has 0 radical (unpaired) electrons. The van der Waals surface area contributed by atoms with E-state index in [2.05, 4.69) is 5.32 Å². The van der Waals surface area contributed by atoms with E-state index in [1.165, 1.54) is 0 Å². The van der Waals surface area contributed by atoms with Gasteiger partial charge in [0.1, 0.15) is 0 Å². The minimum Gasteiger partial charge on any atom is -0.327 e. The average Bonchev–Trinajstić information content (AvgIpc) is 2.55. The van der Waals surface area contributed by atoms with Crippen LogP contribution >= 0.6 is 0 Å². The maximum absolute atomic E-state index is 12.5. The van der Waals surface area contributed by atoms with Gasteiger partial charge in [-0.2, -0.15) is 5.06 Å². The number of nitrogens with zero attached hydrogens (tertiary/aromatic N) is 1. The lowest BCUT2D eigenvalue weighted by molar-refractivity contribution is -0.119. The second kappa shape index (κ2) is 6.42. The molecular weight excluding hydrogens is 288 g/mol. The number of carbonyl (C=O) groups excluding carboxylic acids is 1. The lowest BCUT2D eigenvalue weighted by atomic mass is 9.93. The molecule has 0 aromatic heterocycles. The van der Waals surface area contributed by atoms with Gasteiger partial charge in [-0.3, -0.25) is 5.21 Å². The first-order valence-electron chi connectivity index (χ1n) is 7.67. The number of rotatable bonds is 4. The van der Waals surface area contributed by atoms with Crippen LogP contribution in [0.3, 0.4) is 0 Å². The molecule has 0 bridgehead atoms. The molecule has 0 unspecified atom stereocenters. The molecule has 0 aliphatic heterocycles. The molecule has 0 aliphatic rings. The Bertz CT molecular complexity index is 652. The van der Waals surface area contributed by atoms with Crippen LogP contribution in [0, 0.1) is 0 Å². The van der Waals surface area contributed by atoms with Crippen molar-refractivity contribution in [2.24, 2.45) is 0 Å². The third-order valence-corrected chi connectivity index (χ3v) is 4.12. The summed E-state index contributed by atoms with van der Waals surface area (Å²) in [6, 6.07) is 18.6. The molecule has 2 amide bonds. The van der Waals surface area contributed by atoms with Crippen LogP contribution in [-0.2, 0) is 11.1 Å². The van der Waals surface area contributed by atoms with E-state index in [1.807, 2.05) is 74.5 Å². The van der Waals surface area contributed by atoms with E-state index >= 15 is 0 Å². The monoisotopic (exact) mass is 312 g/mol. The highest BCUT2D eigenvalue weighted by atomic mass is 16.5. The summed E-state index contributed by atoms with van der Waals surface area (Å²) in [6.07, 6.45) is 0. The Morgan fingerprint density at radius 1 is 0.870 bits per heavy atom. The molecule has 0 aliphatic carbocycles. The number of hydroxylamine groups is 2. The van der Waals surface area contributed by atoms with E-state index in [9.17, 15) is 10.0 Å². The Labute approximate surface area is 137 Å². The van der Waals surface area contributed by atoms with Crippen molar-refractivity contribution >= 4 is 6.03 Å². The van der Waals surface area contributed by atoms with Crippen LogP contribution < -0.4 is 5.32 Å². The van der Waals surface area contributed by atoms with Gasteiger partial charge in [0.2, 0.25) is 0 Å². The van der Waals surface area contributed by atoms with Crippen molar-refractivity contribution in [3.8, 4) is 0 Å². The summed E-state index contributed by atoms with van der Waals surface area (Å²) in [6.45, 7) is 7.42. The van der Waals surface area contributed by atoms with Crippen LogP contribution in [0.2, 0.25) is 0 Å². The predicted molar refractivity (Wildman–Crippen MR) is 91.1 cm³/mol. The molecule has 2 aromatic carbocycles. The van der Waals surface area contributed by atoms with E-state index in [4.69, 9.17) is 0 Å². The zero-order valence-corrected chi connectivity index (χ0v) is 14.1. The Morgan fingerprint density at radius 2 is 1.30 bits per heavy atom. The van der Waals surface area contributed by atoms with Gasteiger partial charge in [-0.05, 0) is 38.8 Å². The predicted octanol–water partition coefficient (Wildman–Crippen LogP) is 4.26. The van der Waals surface area contributed by atoms with Crippen molar-refractivity contribution in [2.75, 3.05) is 0 Å². The summed E-state index contributed by atoms with van der Waals surface area (Å²) in [7, 11) is 0. The van der Waals surface area contributed by atoms with Gasteiger partial charge in [0.25, 0.3) is 0 Å². The van der Waals surface area contributed by atoms with Crippen molar-refractivity contribution in [3.05, 3.63) is 71.8 Å². The fourth-order valence-electron chi connectivity index (χ4n) is 2.47. The first kappa shape index (κ1) is 17.0. The van der Waals surface area contributed by atoms with Crippen molar-refractivity contribution in [2.45, 2.75) is 38.8 Å². The lowest BCUT2D eigenvalue weighted by Crippen LogP contribution is -2.53. The highest BCUT2D eigenvalue weighted by Gasteiger charge is 2.34. The first-order chi connectivity index (χ1) is 10.7. The molecule has 0 saturated carbocycles. The number of urea groups is 1. The van der Waals surface area contributed by atoms with E-state index in [0.29, 0.717) is 0 Å². The highest BCUT2D eigenvalue weighted by Crippen LogP contribution is 2.27. The molecule has 4 nitrogen and oxygen atoms in total. The molecule has 0 heterocycles. The third-order valence-electron chi connectivity index (χ3n) is 4.12. The SMILES string of the molecule is CC(C)(NC(=O)N(O)C(C)(C)c1ccccc1)c1ccccc1. The van der Waals surface area contributed by atoms with Crippen LogP contribution in [0.5, 0.6) is 0 Å². The first-order valence-corrected chi connectivity index (χ1v) is 7.67. The van der Waals surface area contributed by atoms with E-state index in [1.54, 1.807) is 13.8 Å².